The third kappa shape index (κ3) is 2.74. The van der Waals surface area contributed by atoms with Crippen molar-refractivity contribution in [3.8, 4) is 5.88 Å². The van der Waals surface area contributed by atoms with Gasteiger partial charge in [-0.3, -0.25) is 4.99 Å². The van der Waals surface area contributed by atoms with E-state index in [4.69, 9.17) is 16.3 Å². The average Bonchev–Trinajstić information content (AvgIpc) is 2.85. The van der Waals surface area contributed by atoms with Gasteiger partial charge < -0.3 is 14.4 Å². The van der Waals surface area contributed by atoms with Gasteiger partial charge in [0, 0.05) is 18.6 Å². The van der Waals surface area contributed by atoms with Crippen LogP contribution in [0.4, 0.5) is 5.69 Å². The molecule has 0 amide bonds. The van der Waals surface area contributed by atoms with E-state index >= 15 is 0 Å². The number of rotatable bonds is 3. The molecular formula is C18H15ClN2O3. The lowest BCUT2D eigenvalue weighted by molar-refractivity contribution is 0.0601. The topological polar surface area (TPSA) is 63.8 Å². The molecule has 0 saturated carbocycles. The van der Waals surface area contributed by atoms with Crippen molar-refractivity contribution in [2.75, 3.05) is 7.11 Å². The molecule has 2 aromatic carbocycles. The molecular weight excluding hydrogens is 328 g/mol. The number of aryl methyl sites for hydroxylation is 1. The number of benzene rings is 2. The highest BCUT2D eigenvalue weighted by Gasteiger charge is 2.13. The third-order valence-corrected chi connectivity index (χ3v) is 4.13. The van der Waals surface area contributed by atoms with Crippen LogP contribution in [0.5, 0.6) is 5.88 Å². The van der Waals surface area contributed by atoms with E-state index in [9.17, 15) is 9.90 Å². The van der Waals surface area contributed by atoms with Crippen LogP contribution in [0.25, 0.3) is 10.9 Å². The quantitative estimate of drug-likeness (QED) is 0.576. The van der Waals surface area contributed by atoms with Crippen LogP contribution in [0.1, 0.15) is 15.9 Å². The number of aromatic nitrogens is 1. The first-order valence-electron chi connectivity index (χ1n) is 7.21. The highest BCUT2D eigenvalue weighted by atomic mass is 35.5. The summed E-state index contributed by atoms with van der Waals surface area (Å²) in [6.45, 7) is 0. The molecule has 0 saturated heterocycles. The van der Waals surface area contributed by atoms with Gasteiger partial charge in [-0.25, -0.2) is 4.79 Å². The molecule has 0 spiro atoms. The second-order valence-corrected chi connectivity index (χ2v) is 5.64. The molecule has 5 nitrogen and oxygen atoms in total. The zero-order valence-electron chi connectivity index (χ0n) is 13.2. The number of para-hydroxylation sites is 1. The SMILES string of the molecule is COC(=O)c1ccc(Cl)c(N=Cc2c(O)n(C)c3ccccc23)c1. The lowest BCUT2D eigenvalue weighted by Gasteiger charge is -2.02. The largest absolute Gasteiger partial charge is 0.494 e. The summed E-state index contributed by atoms with van der Waals surface area (Å²) in [5.41, 5.74) is 2.27. The predicted octanol–water partition coefficient (Wildman–Crippen LogP) is 4.07. The molecule has 3 rings (SSSR count). The molecule has 0 aliphatic carbocycles. The van der Waals surface area contributed by atoms with Gasteiger partial charge in [0.1, 0.15) is 0 Å². The first-order valence-corrected chi connectivity index (χ1v) is 7.59. The summed E-state index contributed by atoms with van der Waals surface area (Å²) in [7, 11) is 3.09. The minimum atomic E-state index is -0.462. The van der Waals surface area contributed by atoms with Crippen LogP contribution in [0.15, 0.2) is 47.5 Å². The fourth-order valence-electron chi connectivity index (χ4n) is 2.53. The zero-order chi connectivity index (χ0) is 17.3. The van der Waals surface area contributed by atoms with Gasteiger partial charge in [0.15, 0.2) is 0 Å². The molecule has 0 unspecified atom stereocenters. The fraction of sp³-hybridized carbons (Fsp3) is 0.111. The Hall–Kier alpha value is -2.79. The highest BCUT2D eigenvalue weighted by Crippen LogP contribution is 2.31. The van der Waals surface area contributed by atoms with E-state index in [0.29, 0.717) is 21.8 Å². The summed E-state index contributed by atoms with van der Waals surface area (Å²) in [5, 5.41) is 11.6. The normalized spacial score (nSPS) is 11.3. The Labute approximate surface area is 143 Å². The number of hydrogen-bond donors (Lipinski definition) is 1. The average molecular weight is 343 g/mol. The van der Waals surface area contributed by atoms with Crippen molar-refractivity contribution in [1.29, 1.82) is 0 Å². The molecule has 6 heteroatoms. The van der Waals surface area contributed by atoms with Crippen LogP contribution in [0.3, 0.4) is 0 Å². The van der Waals surface area contributed by atoms with Gasteiger partial charge in [0.2, 0.25) is 5.88 Å². The maximum Gasteiger partial charge on any atom is 0.337 e. The maximum absolute atomic E-state index is 11.6. The standard InChI is InChI=1S/C18H15ClN2O3/c1-21-16-6-4-3-5-12(16)13(17(21)22)10-20-15-9-11(18(23)24-2)7-8-14(15)19/h3-10,22H,1-2H3. The molecule has 0 atom stereocenters. The number of carbonyl (C=O) groups excluding carboxylic acids is 1. The lowest BCUT2D eigenvalue weighted by Crippen LogP contribution is -2.00. The van der Waals surface area contributed by atoms with Crippen LogP contribution in [-0.2, 0) is 11.8 Å². The molecule has 3 aromatic rings. The summed E-state index contributed by atoms with van der Waals surface area (Å²) < 4.78 is 6.38. The van der Waals surface area contributed by atoms with E-state index in [2.05, 4.69) is 4.99 Å². The van der Waals surface area contributed by atoms with Gasteiger partial charge >= 0.3 is 5.97 Å². The number of esters is 1. The molecule has 1 aromatic heterocycles. The van der Waals surface area contributed by atoms with E-state index in [1.54, 1.807) is 36.0 Å². The number of hydrogen-bond acceptors (Lipinski definition) is 4. The summed E-state index contributed by atoms with van der Waals surface area (Å²) in [4.78, 5) is 16.0. The molecule has 0 aliphatic rings. The molecule has 1 heterocycles. The van der Waals surface area contributed by atoms with Crippen molar-refractivity contribution in [2.45, 2.75) is 0 Å². The summed E-state index contributed by atoms with van der Waals surface area (Å²) in [5.74, 6) is -0.351. The number of fused-ring (bicyclic) bond motifs is 1. The van der Waals surface area contributed by atoms with E-state index < -0.39 is 5.97 Å². The number of carbonyl (C=O) groups is 1. The maximum atomic E-state index is 11.6. The van der Waals surface area contributed by atoms with E-state index in [1.165, 1.54) is 7.11 Å². The van der Waals surface area contributed by atoms with Crippen LogP contribution in [0.2, 0.25) is 5.02 Å². The van der Waals surface area contributed by atoms with Crippen LogP contribution < -0.4 is 0 Å². The van der Waals surface area contributed by atoms with Gasteiger partial charge in [0.05, 0.1) is 34.5 Å². The van der Waals surface area contributed by atoms with Gasteiger partial charge in [-0.1, -0.05) is 29.8 Å². The Balaban J connectivity index is 2.06. The molecule has 0 radical (unpaired) electrons. The summed E-state index contributed by atoms with van der Waals surface area (Å²) in [6, 6.07) is 12.3. The van der Waals surface area contributed by atoms with Crippen LogP contribution in [-0.4, -0.2) is 29.0 Å². The van der Waals surface area contributed by atoms with E-state index in [0.717, 1.165) is 10.9 Å². The van der Waals surface area contributed by atoms with Gasteiger partial charge in [0.25, 0.3) is 0 Å². The third-order valence-electron chi connectivity index (χ3n) is 3.81. The molecule has 1 N–H and O–H groups in total. The van der Waals surface area contributed by atoms with Crippen molar-refractivity contribution in [1.82, 2.24) is 4.57 Å². The Morgan fingerprint density at radius 2 is 2.04 bits per heavy atom. The van der Waals surface area contributed by atoms with Crippen molar-refractivity contribution in [3.05, 3.63) is 58.6 Å². The van der Waals surface area contributed by atoms with Crippen LogP contribution in [0, 0.1) is 0 Å². The summed E-state index contributed by atoms with van der Waals surface area (Å²) >= 11 is 6.14. The second-order valence-electron chi connectivity index (χ2n) is 5.23. The first-order chi connectivity index (χ1) is 11.5. The van der Waals surface area contributed by atoms with Crippen molar-refractivity contribution >= 4 is 40.4 Å². The monoisotopic (exact) mass is 342 g/mol. The first kappa shape index (κ1) is 16.1. The number of aromatic hydroxyl groups is 1. The van der Waals surface area contributed by atoms with Gasteiger partial charge in [-0.05, 0) is 24.3 Å². The Bertz CT molecular complexity index is 960. The van der Waals surface area contributed by atoms with Crippen molar-refractivity contribution in [3.63, 3.8) is 0 Å². The summed E-state index contributed by atoms with van der Waals surface area (Å²) in [6.07, 6.45) is 1.54. The number of aliphatic imine (C=N–C) groups is 1. The predicted molar refractivity (Wildman–Crippen MR) is 94.6 cm³/mol. The number of halogens is 1. The Morgan fingerprint density at radius 3 is 2.79 bits per heavy atom. The second kappa shape index (κ2) is 6.37. The molecule has 24 heavy (non-hydrogen) atoms. The molecule has 0 fully saturated rings. The van der Waals surface area contributed by atoms with Gasteiger partial charge in [-0.15, -0.1) is 0 Å². The van der Waals surface area contributed by atoms with Crippen molar-refractivity contribution < 1.29 is 14.6 Å². The van der Waals surface area contributed by atoms with E-state index in [-0.39, 0.29) is 5.88 Å². The zero-order valence-corrected chi connectivity index (χ0v) is 13.9. The minimum absolute atomic E-state index is 0.111. The lowest BCUT2D eigenvalue weighted by atomic mass is 10.2. The number of methoxy groups -OCH3 is 1. The molecule has 0 bridgehead atoms. The molecule has 0 aliphatic heterocycles. The Kier molecular flexibility index (Phi) is 4.27. The number of ether oxygens (including phenoxy) is 1. The van der Waals surface area contributed by atoms with E-state index in [1.807, 2.05) is 24.3 Å². The number of nitrogens with zero attached hydrogens (tertiary/aromatic N) is 2. The minimum Gasteiger partial charge on any atom is -0.494 e. The van der Waals surface area contributed by atoms with Crippen molar-refractivity contribution in [2.24, 2.45) is 12.0 Å². The Morgan fingerprint density at radius 1 is 1.29 bits per heavy atom. The smallest absolute Gasteiger partial charge is 0.337 e. The molecule has 122 valence electrons. The highest BCUT2D eigenvalue weighted by molar-refractivity contribution is 6.33. The fourth-order valence-corrected chi connectivity index (χ4v) is 2.69. The van der Waals surface area contributed by atoms with Gasteiger partial charge in [-0.2, -0.15) is 0 Å². The van der Waals surface area contributed by atoms with Crippen LogP contribution >= 0.6 is 11.6 Å².